The molecule has 2 N–H and O–H groups in total. The standard InChI is InChI=1S/C24H27N5O3S/c1-25-23(30)20-16-26-24(27-17-20)28-21-8-5-14-29(15-13-21)33(31,32)22-11-9-19(10-12-22)18-6-3-2-4-7-18/h2-4,6-7,9-12,16-17,21H,5,8,13-15H2,1H3,(H,25,30)(H,26,27,28). The van der Waals surface area contributed by atoms with Crippen LogP contribution in [0.25, 0.3) is 11.1 Å². The summed E-state index contributed by atoms with van der Waals surface area (Å²) in [5.74, 6) is 0.189. The summed E-state index contributed by atoms with van der Waals surface area (Å²) >= 11 is 0. The van der Waals surface area contributed by atoms with Crippen molar-refractivity contribution in [3.63, 3.8) is 0 Å². The lowest BCUT2D eigenvalue weighted by atomic mass is 10.1. The SMILES string of the molecule is CNC(=O)c1cnc(NC2CCCN(S(=O)(=O)c3ccc(-c4ccccc4)cc3)CC2)nc1. The highest BCUT2D eigenvalue weighted by Crippen LogP contribution is 2.25. The van der Waals surface area contributed by atoms with E-state index in [0.717, 1.165) is 24.0 Å². The van der Waals surface area contributed by atoms with E-state index in [-0.39, 0.29) is 11.9 Å². The summed E-state index contributed by atoms with van der Waals surface area (Å²) in [6.45, 7) is 0.883. The largest absolute Gasteiger partial charge is 0.355 e. The third-order valence-electron chi connectivity index (χ3n) is 5.76. The lowest BCUT2D eigenvalue weighted by Gasteiger charge is -2.21. The molecule has 2 aromatic carbocycles. The Bertz CT molecular complexity index is 1180. The highest BCUT2D eigenvalue weighted by atomic mass is 32.2. The molecule has 3 aromatic rings. The van der Waals surface area contributed by atoms with Gasteiger partial charge in [0.05, 0.1) is 10.5 Å². The van der Waals surface area contributed by atoms with Gasteiger partial charge in [-0.1, -0.05) is 42.5 Å². The molecule has 0 bridgehead atoms. The van der Waals surface area contributed by atoms with E-state index >= 15 is 0 Å². The van der Waals surface area contributed by atoms with Gasteiger partial charge in [-0.05, 0) is 42.5 Å². The molecule has 33 heavy (non-hydrogen) atoms. The van der Waals surface area contributed by atoms with Crippen molar-refractivity contribution in [1.29, 1.82) is 0 Å². The summed E-state index contributed by atoms with van der Waals surface area (Å²) in [5.41, 5.74) is 2.42. The van der Waals surface area contributed by atoms with Crippen LogP contribution in [0.4, 0.5) is 5.95 Å². The second-order valence-electron chi connectivity index (χ2n) is 7.94. The van der Waals surface area contributed by atoms with Crippen molar-refractivity contribution in [2.45, 2.75) is 30.2 Å². The van der Waals surface area contributed by atoms with Crippen molar-refractivity contribution >= 4 is 21.9 Å². The van der Waals surface area contributed by atoms with Crippen LogP contribution in [0, 0.1) is 0 Å². The van der Waals surface area contributed by atoms with Crippen molar-refractivity contribution in [2.24, 2.45) is 0 Å². The molecular weight excluding hydrogens is 438 g/mol. The average molecular weight is 466 g/mol. The van der Waals surface area contributed by atoms with Crippen LogP contribution in [-0.2, 0) is 10.0 Å². The number of hydrogen-bond donors (Lipinski definition) is 2. The van der Waals surface area contributed by atoms with E-state index in [4.69, 9.17) is 0 Å². The zero-order valence-corrected chi connectivity index (χ0v) is 19.3. The molecule has 1 unspecified atom stereocenters. The lowest BCUT2D eigenvalue weighted by molar-refractivity contribution is 0.0962. The minimum Gasteiger partial charge on any atom is -0.355 e. The predicted molar refractivity (Wildman–Crippen MR) is 127 cm³/mol. The fraction of sp³-hybridized carbons (Fsp3) is 0.292. The Morgan fingerprint density at radius 1 is 0.939 bits per heavy atom. The van der Waals surface area contributed by atoms with E-state index in [0.29, 0.717) is 35.9 Å². The van der Waals surface area contributed by atoms with Gasteiger partial charge in [-0.25, -0.2) is 18.4 Å². The fourth-order valence-electron chi connectivity index (χ4n) is 3.90. The van der Waals surface area contributed by atoms with Gasteiger partial charge in [0.25, 0.3) is 5.91 Å². The van der Waals surface area contributed by atoms with Crippen LogP contribution in [-0.4, -0.2) is 54.8 Å². The van der Waals surface area contributed by atoms with Crippen molar-refractivity contribution in [1.82, 2.24) is 19.6 Å². The van der Waals surface area contributed by atoms with Gasteiger partial charge >= 0.3 is 0 Å². The molecule has 8 nitrogen and oxygen atoms in total. The molecule has 0 aliphatic carbocycles. The number of nitrogens with one attached hydrogen (secondary N) is 2. The molecule has 0 saturated carbocycles. The summed E-state index contributed by atoms with van der Waals surface area (Å²) in [5, 5.41) is 5.80. The molecule has 0 spiro atoms. The maximum absolute atomic E-state index is 13.2. The van der Waals surface area contributed by atoms with Gasteiger partial charge in [0.1, 0.15) is 0 Å². The second kappa shape index (κ2) is 10.1. The van der Waals surface area contributed by atoms with Gasteiger partial charge in [-0.15, -0.1) is 0 Å². The molecule has 9 heteroatoms. The summed E-state index contributed by atoms with van der Waals surface area (Å²) < 4.78 is 28.0. The Morgan fingerprint density at radius 2 is 1.61 bits per heavy atom. The monoisotopic (exact) mass is 465 g/mol. The van der Waals surface area contributed by atoms with Crippen LogP contribution in [0.2, 0.25) is 0 Å². The van der Waals surface area contributed by atoms with Gasteiger partial charge in [0.15, 0.2) is 0 Å². The number of amides is 1. The second-order valence-corrected chi connectivity index (χ2v) is 9.88. The Morgan fingerprint density at radius 3 is 2.27 bits per heavy atom. The highest BCUT2D eigenvalue weighted by Gasteiger charge is 2.28. The number of carbonyl (C=O) groups is 1. The maximum atomic E-state index is 13.2. The van der Waals surface area contributed by atoms with E-state index in [1.807, 2.05) is 42.5 Å². The van der Waals surface area contributed by atoms with Crippen molar-refractivity contribution in [3.8, 4) is 11.1 Å². The Kier molecular flexibility index (Phi) is 7.00. The summed E-state index contributed by atoms with van der Waals surface area (Å²) in [6, 6.07) is 17.0. The van der Waals surface area contributed by atoms with E-state index < -0.39 is 10.0 Å². The number of aromatic nitrogens is 2. The van der Waals surface area contributed by atoms with Gasteiger partial charge in [-0.2, -0.15) is 4.31 Å². The molecule has 1 fully saturated rings. The Labute approximate surface area is 194 Å². The number of benzene rings is 2. The Balaban J connectivity index is 1.40. The van der Waals surface area contributed by atoms with Gasteiger partial charge < -0.3 is 10.6 Å². The number of nitrogens with zero attached hydrogens (tertiary/aromatic N) is 3. The predicted octanol–water partition coefficient (Wildman–Crippen LogP) is 3.16. The molecular formula is C24H27N5O3S. The van der Waals surface area contributed by atoms with Gasteiger partial charge in [0, 0.05) is 38.6 Å². The molecule has 172 valence electrons. The van der Waals surface area contributed by atoms with Crippen LogP contribution < -0.4 is 10.6 Å². The third kappa shape index (κ3) is 5.37. The molecule has 1 atom stereocenters. The first-order valence-electron chi connectivity index (χ1n) is 10.9. The summed E-state index contributed by atoms with van der Waals surface area (Å²) in [7, 11) is -2.02. The maximum Gasteiger partial charge on any atom is 0.254 e. The number of hydrogen-bond acceptors (Lipinski definition) is 6. The van der Waals surface area contributed by atoms with Crippen molar-refractivity contribution in [3.05, 3.63) is 72.6 Å². The molecule has 0 radical (unpaired) electrons. The summed E-state index contributed by atoms with van der Waals surface area (Å²) in [4.78, 5) is 20.3. The number of carbonyl (C=O) groups excluding carboxylic acids is 1. The molecule has 1 aliphatic heterocycles. The van der Waals surface area contributed by atoms with E-state index in [1.165, 1.54) is 12.4 Å². The van der Waals surface area contributed by atoms with Gasteiger partial charge in [0.2, 0.25) is 16.0 Å². The molecule has 4 rings (SSSR count). The minimum atomic E-state index is -3.57. The summed E-state index contributed by atoms with van der Waals surface area (Å²) in [6.07, 6.45) is 5.12. The quantitative estimate of drug-likeness (QED) is 0.580. The molecule has 2 heterocycles. The van der Waals surface area contributed by atoms with Crippen LogP contribution in [0.3, 0.4) is 0 Å². The van der Waals surface area contributed by atoms with Crippen LogP contribution in [0.1, 0.15) is 29.6 Å². The smallest absolute Gasteiger partial charge is 0.254 e. The number of rotatable bonds is 6. The van der Waals surface area contributed by atoms with Crippen molar-refractivity contribution < 1.29 is 13.2 Å². The first-order valence-corrected chi connectivity index (χ1v) is 12.4. The average Bonchev–Trinajstić information content (AvgIpc) is 3.11. The van der Waals surface area contributed by atoms with E-state index in [1.54, 1.807) is 23.5 Å². The zero-order chi connectivity index (χ0) is 23.3. The minimum absolute atomic E-state index is 0.0523. The highest BCUT2D eigenvalue weighted by molar-refractivity contribution is 7.89. The van der Waals surface area contributed by atoms with Crippen molar-refractivity contribution in [2.75, 3.05) is 25.5 Å². The number of anilines is 1. The van der Waals surface area contributed by atoms with E-state index in [2.05, 4.69) is 20.6 Å². The van der Waals surface area contributed by atoms with E-state index in [9.17, 15) is 13.2 Å². The fourth-order valence-corrected chi connectivity index (χ4v) is 5.39. The third-order valence-corrected chi connectivity index (χ3v) is 7.67. The van der Waals surface area contributed by atoms with Gasteiger partial charge in [-0.3, -0.25) is 4.79 Å². The van der Waals surface area contributed by atoms with Crippen LogP contribution in [0.15, 0.2) is 71.9 Å². The lowest BCUT2D eigenvalue weighted by Crippen LogP contribution is -2.32. The normalized spacial score (nSPS) is 17.2. The first kappa shape index (κ1) is 22.9. The van der Waals surface area contributed by atoms with Crippen LogP contribution in [0.5, 0.6) is 0 Å². The van der Waals surface area contributed by atoms with Crippen LogP contribution >= 0.6 is 0 Å². The number of sulfonamides is 1. The molecule has 1 aliphatic rings. The first-order chi connectivity index (χ1) is 16.0. The molecule has 1 aromatic heterocycles. The topological polar surface area (TPSA) is 104 Å². The molecule has 1 saturated heterocycles. The zero-order valence-electron chi connectivity index (χ0n) is 18.4. The molecule has 1 amide bonds. The Hall–Kier alpha value is -3.30.